The van der Waals surface area contributed by atoms with Crippen LogP contribution in [-0.2, 0) is 6.42 Å². The molecule has 2 aromatic rings. The molecule has 0 unspecified atom stereocenters. The van der Waals surface area contributed by atoms with Gasteiger partial charge >= 0.3 is 0 Å². The molecule has 2 rings (SSSR count). The SMILES string of the molecule is Cc1cc(=O)[nH]c(C)c1Cc1ccccc1. The van der Waals surface area contributed by atoms with Crippen molar-refractivity contribution in [1.82, 2.24) is 4.98 Å². The Kier molecular flexibility index (Phi) is 2.91. The van der Waals surface area contributed by atoms with Gasteiger partial charge in [-0.25, -0.2) is 0 Å². The van der Waals surface area contributed by atoms with Crippen molar-refractivity contribution in [3.63, 3.8) is 0 Å². The van der Waals surface area contributed by atoms with Crippen LogP contribution in [0.25, 0.3) is 0 Å². The summed E-state index contributed by atoms with van der Waals surface area (Å²) in [6.45, 7) is 3.94. The molecule has 2 heteroatoms. The van der Waals surface area contributed by atoms with Crippen molar-refractivity contribution in [2.75, 3.05) is 0 Å². The number of benzene rings is 1. The highest BCUT2D eigenvalue weighted by atomic mass is 16.1. The van der Waals surface area contributed by atoms with Gasteiger partial charge in [0.15, 0.2) is 0 Å². The molecule has 0 amide bonds. The molecule has 0 aliphatic heterocycles. The zero-order valence-corrected chi connectivity index (χ0v) is 9.58. The first-order valence-corrected chi connectivity index (χ1v) is 5.40. The quantitative estimate of drug-likeness (QED) is 0.817. The maximum atomic E-state index is 11.3. The van der Waals surface area contributed by atoms with E-state index in [1.807, 2.05) is 32.0 Å². The minimum Gasteiger partial charge on any atom is -0.326 e. The van der Waals surface area contributed by atoms with Gasteiger partial charge in [0.05, 0.1) is 0 Å². The molecule has 1 heterocycles. The molecule has 0 fully saturated rings. The third kappa shape index (κ3) is 2.22. The van der Waals surface area contributed by atoms with Gasteiger partial charge in [-0.1, -0.05) is 30.3 Å². The maximum Gasteiger partial charge on any atom is 0.248 e. The van der Waals surface area contributed by atoms with E-state index in [2.05, 4.69) is 17.1 Å². The lowest BCUT2D eigenvalue weighted by atomic mass is 10.00. The van der Waals surface area contributed by atoms with Crippen molar-refractivity contribution >= 4 is 0 Å². The van der Waals surface area contributed by atoms with Crippen LogP contribution in [0.2, 0.25) is 0 Å². The van der Waals surface area contributed by atoms with Gasteiger partial charge in [-0.05, 0) is 37.0 Å². The van der Waals surface area contributed by atoms with Crippen LogP contribution in [0.3, 0.4) is 0 Å². The topological polar surface area (TPSA) is 32.9 Å². The van der Waals surface area contributed by atoms with E-state index in [0.717, 1.165) is 17.7 Å². The van der Waals surface area contributed by atoms with E-state index in [4.69, 9.17) is 0 Å². The summed E-state index contributed by atoms with van der Waals surface area (Å²) in [5.41, 5.74) is 4.48. The van der Waals surface area contributed by atoms with Crippen LogP contribution in [-0.4, -0.2) is 4.98 Å². The molecule has 0 saturated carbocycles. The number of pyridine rings is 1. The third-order valence-electron chi connectivity index (χ3n) is 2.81. The van der Waals surface area contributed by atoms with E-state index in [-0.39, 0.29) is 5.56 Å². The number of aromatic nitrogens is 1. The van der Waals surface area contributed by atoms with Gasteiger partial charge in [-0.2, -0.15) is 0 Å². The number of aryl methyl sites for hydroxylation is 2. The predicted molar refractivity (Wildman–Crippen MR) is 65.8 cm³/mol. The van der Waals surface area contributed by atoms with Crippen LogP contribution >= 0.6 is 0 Å². The first kappa shape index (κ1) is 10.7. The lowest BCUT2D eigenvalue weighted by Crippen LogP contribution is -2.10. The minimum absolute atomic E-state index is 0.0215. The maximum absolute atomic E-state index is 11.3. The average molecular weight is 213 g/mol. The summed E-state index contributed by atoms with van der Waals surface area (Å²) in [5, 5.41) is 0. The van der Waals surface area contributed by atoms with E-state index >= 15 is 0 Å². The lowest BCUT2D eigenvalue weighted by Gasteiger charge is -2.09. The molecule has 0 aliphatic carbocycles. The molecule has 0 saturated heterocycles. The van der Waals surface area contributed by atoms with Gasteiger partial charge in [-0.15, -0.1) is 0 Å². The molecule has 16 heavy (non-hydrogen) atoms. The van der Waals surface area contributed by atoms with Crippen molar-refractivity contribution in [2.45, 2.75) is 20.3 Å². The second-order valence-corrected chi connectivity index (χ2v) is 4.08. The fourth-order valence-electron chi connectivity index (χ4n) is 1.95. The molecule has 0 radical (unpaired) electrons. The Morgan fingerprint density at radius 1 is 1.12 bits per heavy atom. The van der Waals surface area contributed by atoms with Crippen molar-refractivity contribution < 1.29 is 0 Å². The molecule has 82 valence electrons. The molecular weight excluding hydrogens is 198 g/mol. The number of nitrogens with one attached hydrogen (secondary N) is 1. The minimum atomic E-state index is -0.0215. The van der Waals surface area contributed by atoms with Crippen LogP contribution in [0.4, 0.5) is 0 Å². The average Bonchev–Trinajstić information content (AvgIpc) is 2.25. The largest absolute Gasteiger partial charge is 0.326 e. The summed E-state index contributed by atoms with van der Waals surface area (Å²) in [6.07, 6.45) is 0.870. The lowest BCUT2D eigenvalue weighted by molar-refractivity contribution is 1.02. The highest BCUT2D eigenvalue weighted by Crippen LogP contribution is 2.14. The van der Waals surface area contributed by atoms with Crippen LogP contribution in [0.15, 0.2) is 41.2 Å². The second-order valence-electron chi connectivity index (χ2n) is 4.08. The smallest absolute Gasteiger partial charge is 0.248 e. The standard InChI is InChI=1S/C14H15NO/c1-10-8-14(16)15-11(2)13(10)9-12-6-4-3-5-7-12/h3-8H,9H2,1-2H3,(H,15,16). The molecule has 0 aliphatic rings. The Bertz CT molecular complexity index is 514. The summed E-state index contributed by atoms with van der Waals surface area (Å²) in [4.78, 5) is 14.1. The number of rotatable bonds is 2. The Balaban J connectivity index is 2.39. The molecule has 1 aromatic heterocycles. The molecule has 2 nitrogen and oxygen atoms in total. The van der Waals surface area contributed by atoms with Crippen LogP contribution in [0.5, 0.6) is 0 Å². The van der Waals surface area contributed by atoms with Gasteiger partial charge in [0.2, 0.25) is 5.56 Å². The number of aromatic amines is 1. The summed E-state index contributed by atoms with van der Waals surface area (Å²) in [6, 6.07) is 11.9. The zero-order valence-electron chi connectivity index (χ0n) is 9.58. The van der Waals surface area contributed by atoms with Crippen molar-refractivity contribution in [1.29, 1.82) is 0 Å². The number of H-pyrrole nitrogens is 1. The monoisotopic (exact) mass is 213 g/mol. The van der Waals surface area contributed by atoms with Crippen molar-refractivity contribution in [3.05, 3.63) is 69.1 Å². The Labute approximate surface area is 95.0 Å². The van der Waals surface area contributed by atoms with E-state index in [1.54, 1.807) is 6.07 Å². The molecule has 1 aromatic carbocycles. The summed E-state index contributed by atoms with van der Waals surface area (Å²) >= 11 is 0. The van der Waals surface area contributed by atoms with Crippen LogP contribution < -0.4 is 5.56 Å². The molecule has 0 atom stereocenters. The van der Waals surface area contributed by atoms with Crippen LogP contribution in [0.1, 0.15) is 22.4 Å². The fourth-order valence-corrected chi connectivity index (χ4v) is 1.95. The summed E-state index contributed by atoms with van der Waals surface area (Å²) in [7, 11) is 0. The van der Waals surface area contributed by atoms with Gasteiger partial charge in [-0.3, -0.25) is 4.79 Å². The Hall–Kier alpha value is -1.83. The normalized spacial score (nSPS) is 10.4. The van der Waals surface area contributed by atoms with E-state index in [1.165, 1.54) is 11.1 Å². The highest BCUT2D eigenvalue weighted by molar-refractivity contribution is 5.33. The second kappa shape index (κ2) is 4.35. The summed E-state index contributed by atoms with van der Waals surface area (Å²) < 4.78 is 0. The first-order valence-electron chi connectivity index (χ1n) is 5.40. The zero-order chi connectivity index (χ0) is 11.5. The molecule has 0 bridgehead atoms. The summed E-state index contributed by atoms with van der Waals surface area (Å²) in [5.74, 6) is 0. The number of hydrogen-bond donors (Lipinski definition) is 1. The fraction of sp³-hybridized carbons (Fsp3) is 0.214. The van der Waals surface area contributed by atoms with E-state index in [0.29, 0.717) is 0 Å². The van der Waals surface area contributed by atoms with Crippen molar-refractivity contribution in [3.8, 4) is 0 Å². The van der Waals surface area contributed by atoms with Crippen molar-refractivity contribution in [2.24, 2.45) is 0 Å². The molecule has 0 spiro atoms. The van der Waals surface area contributed by atoms with Crippen LogP contribution in [0, 0.1) is 13.8 Å². The van der Waals surface area contributed by atoms with E-state index < -0.39 is 0 Å². The molecule has 1 N–H and O–H groups in total. The van der Waals surface area contributed by atoms with Gasteiger partial charge in [0.1, 0.15) is 0 Å². The predicted octanol–water partition coefficient (Wildman–Crippen LogP) is 2.58. The van der Waals surface area contributed by atoms with E-state index in [9.17, 15) is 4.79 Å². The number of hydrogen-bond acceptors (Lipinski definition) is 1. The highest BCUT2D eigenvalue weighted by Gasteiger charge is 2.04. The molecular formula is C14H15NO. The van der Waals surface area contributed by atoms with Gasteiger partial charge in [0.25, 0.3) is 0 Å². The Morgan fingerprint density at radius 3 is 2.44 bits per heavy atom. The van der Waals surface area contributed by atoms with Gasteiger partial charge < -0.3 is 4.98 Å². The van der Waals surface area contributed by atoms with Gasteiger partial charge in [0, 0.05) is 11.8 Å². The Morgan fingerprint density at radius 2 is 1.81 bits per heavy atom. The third-order valence-corrected chi connectivity index (χ3v) is 2.81. The first-order chi connectivity index (χ1) is 7.66.